The molecule has 0 fully saturated rings. The maximum absolute atomic E-state index is 2.46. The molecular weight excluding hydrogens is 739 g/mol. The van der Waals surface area contributed by atoms with Gasteiger partial charge in [-0.25, -0.2) is 0 Å². The highest BCUT2D eigenvalue weighted by Gasteiger charge is 2.46. The lowest BCUT2D eigenvalue weighted by Crippen LogP contribution is -2.28. The van der Waals surface area contributed by atoms with Crippen molar-refractivity contribution in [3.05, 3.63) is 235 Å². The summed E-state index contributed by atoms with van der Waals surface area (Å²) in [5.41, 5.74) is 13.1. The van der Waals surface area contributed by atoms with Crippen molar-refractivity contribution in [2.24, 2.45) is 0 Å². The van der Waals surface area contributed by atoms with Crippen molar-refractivity contribution in [1.29, 1.82) is 0 Å². The lowest BCUT2D eigenvalue weighted by Gasteiger charge is -2.35. The van der Waals surface area contributed by atoms with Gasteiger partial charge in [-0.15, -0.1) is 22.7 Å². The Hall–Kier alpha value is -6.78. The van der Waals surface area contributed by atoms with Gasteiger partial charge in [-0.3, -0.25) is 0 Å². The van der Waals surface area contributed by atoms with Crippen LogP contribution in [-0.4, -0.2) is 0 Å². The van der Waals surface area contributed by atoms with Crippen LogP contribution in [0.15, 0.2) is 212 Å². The third kappa shape index (κ3) is 4.87. The van der Waals surface area contributed by atoms with Gasteiger partial charge in [-0.1, -0.05) is 164 Å². The second-order valence-electron chi connectivity index (χ2n) is 15.2. The molecule has 1 aliphatic rings. The van der Waals surface area contributed by atoms with Crippen LogP contribution in [0.4, 0.5) is 17.1 Å². The summed E-state index contributed by atoms with van der Waals surface area (Å²) in [5.74, 6) is 0. The molecule has 0 N–H and O–H groups in total. The largest absolute Gasteiger partial charge is 0.310 e. The van der Waals surface area contributed by atoms with Crippen LogP contribution >= 0.6 is 22.7 Å². The van der Waals surface area contributed by atoms with Crippen LogP contribution in [-0.2, 0) is 5.41 Å². The van der Waals surface area contributed by atoms with E-state index in [4.69, 9.17) is 0 Å². The molecule has 1 aliphatic carbocycles. The molecule has 3 heteroatoms. The molecule has 0 atom stereocenters. The molecule has 272 valence electrons. The first-order valence-electron chi connectivity index (χ1n) is 19.8. The Balaban J connectivity index is 1.06. The number of hydrogen-bond donors (Lipinski definition) is 0. The summed E-state index contributed by atoms with van der Waals surface area (Å²) in [6, 6.07) is 78.5. The zero-order valence-corrected chi connectivity index (χ0v) is 33.1. The Morgan fingerprint density at radius 2 is 0.948 bits per heavy atom. The number of rotatable bonds is 6. The number of para-hydroxylation sites is 1. The fraction of sp³-hybridized carbons (Fsp3) is 0.0182. The van der Waals surface area contributed by atoms with Crippen LogP contribution in [0.5, 0.6) is 0 Å². The number of thiophene rings is 2. The Morgan fingerprint density at radius 1 is 0.345 bits per heavy atom. The van der Waals surface area contributed by atoms with E-state index in [1.807, 2.05) is 22.7 Å². The first kappa shape index (κ1) is 33.4. The number of nitrogens with zero attached hydrogens (tertiary/aromatic N) is 1. The zero-order chi connectivity index (χ0) is 38.2. The minimum atomic E-state index is -0.481. The van der Waals surface area contributed by atoms with Crippen LogP contribution < -0.4 is 4.90 Å². The SMILES string of the molecule is c1ccc(N(c2cccc(-c3cccc4c3sc3c4ccc4sc5ccccc5c43)c2)c2ccc3c(c2)C(c2ccccc2)(c2ccccc2)c2ccccc2-3)cc1. The Kier molecular flexibility index (Phi) is 7.56. The van der Waals surface area contributed by atoms with Gasteiger partial charge in [0, 0.05) is 57.4 Å². The first-order chi connectivity index (χ1) is 28.8. The molecule has 1 nitrogen and oxygen atoms in total. The van der Waals surface area contributed by atoms with Crippen molar-refractivity contribution in [3.8, 4) is 22.3 Å². The molecule has 2 aromatic heterocycles. The number of hydrogen-bond acceptors (Lipinski definition) is 3. The molecule has 9 aromatic carbocycles. The Bertz CT molecular complexity index is 3300. The maximum Gasteiger partial charge on any atom is 0.0714 e. The van der Waals surface area contributed by atoms with E-state index in [1.165, 1.54) is 84.9 Å². The first-order valence-corrected chi connectivity index (χ1v) is 21.5. The van der Waals surface area contributed by atoms with E-state index >= 15 is 0 Å². The summed E-state index contributed by atoms with van der Waals surface area (Å²) in [6.07, 6.45) is 0. The lowest BCUT2D eigenvalue weighted by molar-refractivity contribution is 0.768. The Morgan fingerprint density at radius 3 is 1.76 bits per heavy atom. The van der Waals surface area contributed by atoms with Crippen molar-refractivity contribution >= 4 is 80.1 Å². The third-order valence-corrected chi connectivity index (χ3v) is 14.5. The van der Waals surface area contributed by atoms with E-state index in [0.717, 1.165) is 17.1 Å². The van der Waals surface area contributed by atoms with Crippen LogP contribution in [0.2, 0.25) is 0 Å². The summed E-state index contributed by atoms with van der Waals surface area (Å²) in [7, 11) is 0. The van der Waals surface area contributed by atoms with E-state index in [9.17, 15) is 0 Å². The summed E-state index contributed by atoms with van der Waals surface area (Å²) < 4.78 is 5.40. The molecule has 0 unspecified atom stereocenters. The molecule has 58 heavy (non-hydrogen) atoms. The molecule has 0 saturated carbocycles. The van der Waals surface area contributed by atoms with E-state index in [0.29, 0.717) is 0 Å². The van der Waals surface area contributed by atoms with Gasteiger partial charge in [-0.05, 0) is 93.0 Å². The maximum atomic E-state index is 2.46. The van der Waals surface area contributed by atoms with Crippen LogP contribution in [0, 0.1) is 0 Å². The van der Waals surface area contributed by atoms with Gasteiger partial charge in [0.2, 0.25) is 0 Å². The van der Waals surface area contributed by atoms with Gasteiger partial charge in [-0.2, -0.15) is 0 Å². The van der Waals surface area contributed by atoms with Crippen molar-refractivity contribution in [3.63, 3.8) is 0 Å². The van der Waals surface area contributed by atoms with E-state index < -0.39 is 5.41 Å². The predicted molar refractivity (Wildman–Crippen MR) is 250 cm³/mol. The van der Waals surface area contributed by atoms with E-state index in [1.54, 1.807) is 0 Å². The fourth-order valence-electron chi connectivity index (χ4n) is 9.70. The monoisotopic (exact) mass is 773 g/mol. The average Bonchev–Trinajstić information content (AvgIpc) is 3.96. The number of fused-ring (bicyclic) bond motifs is 10. The van der Waals surface area contributed by atoms with Gasteiger partial charge < -0.3 is 4.90 Å². The summed E-state index contributed by atoms with van der Waals surface area (Å²) >= 11 is 3.83. The summed E-state index contributed by atoms with van der Waals surface area (Å²) in [4.78, 5) is 2.43. The van der Waals surface area contributed by atoms with Crippen molar-refractivity contribution < 1.29 is 0 Å². The molecule has 12 rings (SSSR count). The van der Waals surface area contributed by atoms with E-state index in [2.05, 4.69) is 217 Å². The van der Waals surface area contributed by atoms with Gasteiger partial charge in [0.05, 0.1) is 5.41 Å². The predicted octanol–water partition coefficient (Wildman–Crippen LogP) is 15.9. The molecule has 0 spiro atoms. The van der Waals surface area contributed by atoms with Gasteiger partial charge in [0.25, 0.3) is 0 Å². The van der Waals surface area contributed by atoms with Crippen molar-refractivity contribution in [2.75, 3.05) is 4.90 Å². The highest BCUT2D eigenvalue weighted by molar-refractivity contribution is 7.30. The normalized spacial score (nSPS) is 13.0. The third-order valence-electron chi connectivity index (χ3n) is 12.1. The second-order valence-corrected chi connectivity index (χ2v) is 17.3. The minimum absolute atomic E-state index is 0.481. The van der Waals surface area contributed by atoms with Crippen LogP contribution in [0.3, 0.4) is 0 Å². The average molecular weight is 774 g/mol. The number of anilines is 3. The molecule has 0 amide bonds. The topological polar surface area (TPSA) is 3.24 Å². The Labute approximate surface area is 345 Å². The van der Waals surface area contributed by atoms with Gasteiger partial charge in [0.15, 0.2) is 0 Å². The van der Waals surface area contributed by atoms with Crippen molar-refractivity contribution in [2.45, 2.75) is 5.41 Å². The highest BCUT2D eigenvalue weighted by Crippen LogP contribution is 2.57. The van der Waals surface area contributed by atoms with Crippen LogP contribution in [0.25, 0.3) is 62.6 Å². The number of benzene rings is 9. The highest BCUT2D eigenvalue weighted by atomic mass is 32.1. The second kappa shape index (κ2) is 13.1. The van der Waals surface area contributed by atoms with Crippen LogP contribution in [0.1, 0.15) is 22.3 Å². The molecule has 0 saturated heterocycles. The van der Waals surface area contributed by atoms with E-state index in [-0.39, 0.29) is 0 Å². The quantitative estimate of drug-likeness (QED) is 0.163. The molecular formula is C55H35NS2. The summed E-state index contributed by atoms with van der Waals surface area (Å²) in [6.45, 7) is 0. The zero-order valence-electron chi connectivity index (χ0n) is 31.5. The van der Waals surface area contributed by atoms with Crippen molar-refractivity contribution in [1.82, 2.24) is 0 Å². The van der Waals surface area contributed by atoms with Gasteiger partial charge >= 0.3 is 0 Å². The molecule has 0 bridgehead atoms. The molecule has 2 heterocycles. The van der Waals surface area contributed by atoms with Gasteiger partial charge in [0.1, 0.15) is 0 Å². The fourth-order valence-corrected chi connectivity index (χ4v) is 12.3. The standard InChI is InChI=1S/C55H35NS2/c1-4-17-37(18-5-1)55(38-19-6-2-7-20-38)48-28-12-10-24-43(48)44-31-30-41(35-49(44)55)56(39-21-8-3-9-22-39)40-23-14-16-36(34-40)42-26-15-27-45-46-32-33-51-52(54(46)58-53(42)45)47-25-11-13-29-50(47)57-51/h1-35H. The minimum Gasteiger partial charge on any atom is -0.310 e. The molecule has 11 aromatic rings. The smallest absolute Gasteiger partial charge is 0.0714 e. The molecule has 0 aliphatic heterocycles. The molecule has 0 radical (unpaired) electrons. The lowest BCUT2D eigenvalue weighted by atomic mass is 9.67. The summed E-state index contributed by atoms with van der Waals surface area (Å²) in [5, 5.41) is 5.38.